The van der Waals surface area contributed by atoms with Gasteiger partial charge in [0.2, 0.25) is 0 Å². The molecule has 154 valence electrons. The van der Waals surface area contributed by atoms with Crippen LogP contribution in [0, 0.1) is 17.1 Å². The van der Waals surface area contributed by atoms with E-state index in [1.54, 1.807) is 6.07 Å². The van der Waals surface area contributed by atoms with Crippen LogP contribution in [0.15, 0.2) is 36.4 Å². The van der Waals surface area contributed by atoms with E-state index in [0.29, 0.717) is 12.1 Å². The van der Waals surface area contributed by atoms with Crippen LogP contribution >= 0.6 is 0 Å². The number of aromatic amines is 1. The molecule has 0 radical (unpaired) electrons. The van der Waals surface area contributed by atoms with Gasteiger partial charge < -0.3 is 0 Å². The Kier molecular flexibility index (Phi) is 5.35. The molecule has 11 heteroatoms. The summed E-state index contributed by atoms with van der Waals surface area (Å²) in [4.78, 5) is 0. The summed E-state index contributed by atoms with van der Waals surface area (Å²) >= 11 is 0. The monoisotopic (exact) mass is 426 g/mol. The Morgan fingerprint density at radius 1 is 0.933 bits per heavy atom. The minimum Gasteiger partial charge on any atom is -0.247 e. The minimum absolute atomic E-state index is 0.00649. The van der Waals surface area contributed by atoms with Crippen LogP contribution in [0.2, 0.25) is 0 Å². The van der Waals surface area contributed by atoms with Gasteiger partial charge >= 0.3 is 12.4 Å². The predicted molar refractivity (Wildman–Crippen MR) is 91.9 cm³/mol. The molecule has 0 aliphatic rings. The molecule has 0 bridgehead atoms. The molecule has 0 fully saturated rings. The third-order valence-corrected chi connectivity index (χ3v) is 4.01. The Morgan fingerprint density at radius 3 is 2.13 bits per heavy atom. The van der Waals surface area contributed by atoms with Gasteiger partial charge in [0, 0.05) is 11.1 Å². The maximum Gasteiger partial charge on any atom is 0.416 e. The van der Waals surface area contributed by atoms with Gasteiger partial charge in [-0.2, -0.15) is 31.6 Å². The first kappa shape index (κ1) is 21.0. The summed E-state index contributed by atoms with van der Waals surface area (Å²) in [7, 11) is 0. The number of H-pyrrole nitrogens is 1. The maximum absolute atomic E-state index is 14.8. The molecule has 0 aliphatic heterocycles. The van der Waals surface area contributed by atoms with Gasteiger partial charge in [0.05, 0.1) is 11.1 Å². The van der Waals surface area contributed by atoms with Crippen molar-refractivity contribution >= 4 is 12.2 Å². The van der Waals surface area contributed by atoms with Gasteiger partial charge in [-0.05, 0) is 29.8 Å². The molecule has 0 amide bonds. The third-order valence-electron chi connectivity index (χ3n) is 4.01. The van der Waals surface area contributed by atoms with E-state index in [1.165, 1.54) is 18.2 Å². The summed E-state index contributed by atoms with van der Waals surface area (Å²) in [6, 6.07) is 6.76. The fraction of sp³-hybridized carbons (Fsp3) is 0.105. The molecule has 3 aromatic rings. The van der Waals surface area contributed by atoms with Crippen LogP contribution in [0.5, 0.6) is 0 Å². The smallest absolute Gasteiger partial charge is 0.247 e. The summed E-state index contributed by atoms with van der Waals surface area (Å²) < 4.78 is 92.5. The molecule has 0 aliphatic carbocycles. The van der Waals surface area contributed by atoms with E-state index in [9.17, 15) is 30.7 Å². The largest absolute Gasteiger partial charge is 0.416 e. The summed E-state index contributed by atoms with van der Waals surface area (Å²) in [5.74, 6) is -0.873. The van der Waals surface area contributed by atoms with E-state index in [1.807, 2.05) is 0 Å². The number of rotatable bonds is 3. The third kappa shape index (κ3) is 4.32. The molecule has 0 saturated heterocycles. The van der Waals surface area contributed by atoms with Crippen molar-refractivity contribution in [3.8, 4) is 17.3 Å². The number of benzene rings is 2. The van der Waals surface area contributed by atoms with E-state index in [2.05, 4.69) is 15.4 Å². The lowest BCUT2D eigenvalue weighted by Gasteiger charge is -2.13. The zero-order valence-electron chi connectivity index (χ0n) is 14.6. The zero-order chi connectivity index (χ0) is 22.1. The highest BCUT2D eigenvalue weighted by Gasteiger charge is 2.36. The molecular formula is C19H9F7N4. The average molecular weight is 426 g/mol. The Balaban J connectivity index is 2.05. The van der Waals surface area contributed by atoms with Crippen molar-refractivity contribution in [3.63, 3.8) is 0 Å². The number of hydrogen-bond acceptors (Lipinski definition) is 3. The highest BCUT2D eigenvalue weighted by molar-refractivity contribution is 5.75. The lowest BCUT2D eigenvalue weighted by molar-refractivity contribution is -0.143. The Morgan fingerprint density at radius 2 is 1.57 bits per heavy atom. The summed E-state index contributed by atoms with van der Waals surface area (Å²) in [5, 5.41) is 18.3. The molecule has 1 heterocycles. The lowest BCUT2D eigenvalue weighted by Crippen LogP contribution is -2.11. The molecule has 2 aromatic carbocycles. The van der Waals surface area contributed by atoms with Gasteiger partial charge in [0.25, 0.3) is 0 Å². The van der Waals surface area contributed by atoms with E-state index in [0.717, 1.165) is 12.2 Å². The minimum atomic E-state index is -4.99. The lowest BCUT2D eigenvalue weighted by atomic mass is 10.0. The molecule has 1 N–H and O–H groups in total. The van der Waals surface area contributed by atoms with Crippen molar-refractivity contribution in [1.82, 2.24) is 15.4 Å². The first-order valence-corrected chi connectivity index (χ1v) is 8.08. The number of hydrogen-bond donors (Lipinski definition) is 1. The van der Waals surface area contributed by atoms with Crippen LogP contribution in [0.4, 0.5) is 30.7 Å². The van der Waals surface area contributed by atoms with Crippen molar-refractivity contribution in [2.45, 2.75) is 12.4 Å². The van der Waals surface area contributed by atoms with Crippen molar-refractivity contribution < 1.29 is 30.7 Å². The quantitative estimate of drug-likeness (QED) is 0.432. The first-order valence-electron chi connectivity index (χ1n) is 8.08. The van der Waals surface area contributed by atoms with Gasteiger partial charge in [0.15, 0.2) is 5.69 Å². The second-order valence-electron chi connectivity index (χ2n) is 6.03. The molecular weight excluding hydrogens is 417 g/mol. The number of alkyl halides is 6. The summed E-state index contributed by atoms with van der Waals surface area (Å²) in [6.45, 7) is 0. The molecule has 0 unspecified atom stereocenters. The number of nitrogens with one attached hydrogen (secondary N) is 1. The zero-order valence-corrected chi connectivity index (χ0v) is 14.6. The molecule has 0 atom stereocenters. The van der Waals surface area contributed by atoms with E-state index < -0.39 is 34.9 Å². The average Bonchev–Trinajstić information content (AvgIpc) is 3.14. The fourth-order valence-electron chi connectivity index (χ4n) is 2.62. The highest BCUT2D eigenvalue weighted by Crippen LogP contribution is 2.36. The summed E-state index contributed by atoms with van der Waals surface area (Å²) in [5.41, 5.74) is -3.81. The number of halogens is 7. The number of aromatic nitrogens is 3. The van der Waals surface area contributed by atoms with Crippen LogP contribution in [0.1, 0.15) is 27.9 Å². The highest BCUT2D eigenvalue weighted by atomic mass is 19.4. The molecule has 0 saturated carbocycles. The Bertz CT molecular complexity index is 1120. The Hall–Kier alpha value is -3.68. The maximum atomic E-state index is 14.8. The van der Waals surface area contributed by atoms with Gasteiger partial charge in [-0.15, -0.1) is 5.10 Å². The van der Waals surface area contributed by atoms with Crippen LogP contribution in [-0.4, -0.2) is 15.4 Å². The van der Waals surface area contributed by atoms with Crippen LogP contribution in [0.3, 0.4) is 0 Å². The van der Waals surface area contributed by atoms with Gasteiger partial charge in [0.1, 0.15) is 17.6 Å². The number of nitriles is 1. The normalized spacial score (nSPS) is 12.3. The van der Waals surface area contributed by atoms with E-state index in [4.69, 9.17) is 5.26 Å². The second-order valence-corrected chi connectivity index (χ2v) is 6.03. The van der Waals surface area contributed by atoms with Crippen LogP contribution in [-0.2, 0) is 12.4 Å². The summed E-state index contributed by atoms with van der Waals surface area (Å²) in [6.07, 6.45) is -8.02. The topological polar surface area (TPSA) is 65.4 Å². The van der Waals surface area contributed by atoms with Crippen molar-refractivity contribution in [3.05, 3.63) is 70.2 Å². The molecule has 30 heavy (non-hydrogen) atoms. The molecule has 4 nitrogen and oxygen atoms in total. The SMILES string of the molecule is N#Cc1[nH]nnc1-c1cccc(/C=C/c2cc(C(F)(F)F)cc(C(F)(F)F)c2)c1F. The first-order chi connectivity index (χ1) is 14.0. The van der Waals surface area contributed by atoms with Crippen LogP contribution in [0.25, 0.3) is 23.4 Å². The van der Waals surface area contributed by atoms with Crippen molar-refractivity contribution in [2.24, 2.45) is 0 Å². The molecule has 3 rings (SSSR count). The second kappa shape index (κ2) is 7.62. The van der Waals surface area contributed by atoms with Crippen LogP contribution < -0.4 is 0 Å². The number of nitrogens with zero attached hydrogens (tertiary/aromatic N) is 3. The van der Waals surface area contributed by atoms with Gasteiger partial charge in [-0.25, -0.2) is 9.49 Å². The molecule has 1 aromatic heterocycles. The van der Waals surface area contributed by atoms with Gasteiger partial charge in [-0.3, -0.25) is 0 Å². The van der Waals surface area contributed by atoms with E-state index in [-0.39, 0.29) is 28.6 Å². The van der Waals surface area contributed by atoms with Gasteiger partial charge in [-0.1, -0.05) is 29.5 Å². The Labute approximate surface area is 164 Å². The standard InChI is InChI=1S/C19H9F7N4/c20-16-11(2-1-3-14(16)17-15(9-27)28-30-29-17)5-4-10-6-12(18(21,22)23)8-13(7-10)19(24,25)26/h1-8H,(H,28,29,30)/b5-4+. The molecule has 0 spiro atoms. The predicted octanol–water partition coefficient (Wildman–Crippen LogP) is 5.69. The fourth-order valence-corrected chi connectivity index (χ4v) is 2.62. The van der Waals surface area contributed by atoms with E-state index >= 15 is 0 Å². The van der Waals surface area contributed by atoms with Crippen molar-refractivity contribution in [2.75, 3.05) is 0 Å². The van der Waals surface area contributed by atoms with Crippen molar-refractivity contribution in [1.29, 1.82) is 5.26 Å².